The highest BCUT2D eigenvalue weighted by Crippen LogP contribution is 2.20. The van der Waals surface area contributed by atoms with Gasteiger partial charge in [-0.1, -0.05) is 6.92 Å². The third-order valence-electron chi connectivity index (χ3n) is 2.28. The number of nitrogens with one attached hydrogen (secondary N) is 1. The van der Waals surface area contributed by atoms with Crippen LogP contribution in [0.3, 0.4) is 0 Å². The topological polar surface area (TPSA) is 51.0 Å². The zero-order valence-electron chi connectivity index (χ0n) is 9.53. The Morgan fingerprint density at radius 2 is 2.25 bits per heavy atom. The minimum Gasteiger partial charge on any atom is -0.463 e. The maximum absolute atomic E-state index is 5.33. The van der Waals surface area contributed by atoms with Crippen LogP contribution in [-0.2, 0) is 6.42 Å². The first-order valence-corrected chi connectivity index (χ1v) is 5.43. The smallest absolute Gasteiger partial charge is 0.152 e. The predicted molar refractivity (Wildman–Crippen MR) is 63.3 cm³/mol. The average Bonchev–Trinajstić information content (AvgIpc) is 2.82. The fourth-order valence-electron chi connectivity index (χ4n) is 1.51. The number of rotatable bonds is 4. The van der Waals surface area contributed by atoms with E-state index in [2.05, 4.69) is 22.2 Å². The molecule has 2 aromatic heterocycles. The normalized spacial score (nSPS) is 10.4. The van der Waals surface area contributed by atoms with Crippen LogP contribution >= 0.6 is 0 Å². The summed E-state index contributed by atoms with van der Waals surface area (Å²) in [6.07, 6.45) is 3.56. The molecule has 0 aliphatic rings. The second-order valence-electron chi connectivity index (χ2n) is 3.53. The average molecular weight is 217 g/mol. The van der Waals surface area contributed by atoms with Gasteiger partial charge in [-0.25, -0.2) is 9.97 Å². The second kappa shape index (κ2) is 4.79. The fraction of sp³-hybridized carbons (Fsp3) is 0.333. The van der Waals surface area contributed by atoms with E-state index < -0.39 is 0 Å². The summed E-state index contributed by atoms with van der Waals surface area (Å²) < 4.78 is 5.33. The maximum atomic E-state index is 5.33. The summed E-state index contributed by atoms with van der Waals surface area (Å²) in [7, 11) is 1.85. The highest BCUT2D eigenvalue weighted by Gasteiger charge is 2.07. The van der Waals surface area contributed by atoms with E-state index in [4.69, 9.17) is 4.42 Å². The van der Waals surface area contributed by atoms with Crippen molar-refractivity contribution in [2.45, 2.75) is 19.8 Å². The Bertz CT molecular complexity index is 451. The number of hydrogen-bond acceptors (Lipinski definition) is 4. The van der Waals surface area contributed by atoms with Gasteiger partial charge in [-0.2, -0.15) is 0 Å². The summed E-state index contributed by atoms with van der Waals surface area (Å²) in [5, 5.41) is 3.04. The quantitative estimate of drug-likeness (QED) is 0.855. The molecule has 2 aromatic rings. The second-order valence-corrected chi connectivity index (χ2v) is 3.53. The molecule has 1 N–H and O–H groups in total. The molecule has 4 heteroatoms. The van der Waals surface area contributed by atoms with Crippen LogP contribution in [-0.4, -0.2) is 17.0 Å². The lowest BCUT2D eigenvalue weighted by molar-refractivity contribution is 0.579. The van der Waals surface area contributed by atoms with E-state index in [9.17, 15) is 0 Å². The zero-order chi connectivity index (χ0) is 11.4. The number of aromatic nitrogens is 2. The molecule has 2 rings (SSSR count). The summed E-state index contributed by atoms with van der Waals surface area (Å²) in [6.45, 7) is 2.11. The Morgan fingerprint density at radius 1 is 1.38 bits per heavy atom. The van der Waals surface area contributed by atoms with Crippen LogP contribution in [0.1, 0.15) is 19.2 Å². The van der Waals surface area contributed by atoms with Crippen LogP contribution in [0, 0.1) is 0 Å². The number of hydrogen-bond donors (Lipinski definition) is 1. The van der Waals surface area contributed by atoms with Gasteiger partial charge in [0.1, 0.15) is 17.3 Å². The standard InChI is InChI=1S/C12H15N3O/c1-3-5-11-14-9(8-12(13-2)15-11)10-6-4-7-16-10/h4,6-8H,3,5H2,1-2H3,(H,13,14,15). The lowest BCUT2D eigenvalue weighted by atomic mass is 10.2. The molecule has 0 saturated carbocycles. The molecule has 0 spiro atoms. The van der Waals surface area contributed by atoms with Gasteiger partial charge in [0.2, 0.25) is 0 Å². The molecule has 0 radical (unpaired) electrons. The lowest BCUT2D eigenvalue weighted by Crippen LogP contribution is -2.01. The maximum Gasteiger partial charge on any atom is 0.152 e. The Hall–Kier alpha value is -1.84. The molecule has 0 amide bonds. The number of furan rings is 1. The van der Waals surface area contributed by atoms with Crippen LogP contribution in [0.5, 0.6) is 0 Å². The molecule has 0 unspecified atom stereocenters. The van der Waals surface area contributed by atoms with Crippen molar-refractivity contribution in [1.82, 2.24) is 9.97 Å². The molecule has 0 saturated heterocycles. The van der Waals surface area contributed by atoms with Gasteiger partial charge < -0.3 is 9.73 Å². The molecular weight excluding hydrogens is 202 g/mol. The Balaban J connectivity index is 2.41. The van der Waals surface area contributed by atoms with Crippen LogP contribution in [0.15, 0.2) is 28.9 Å². The lowest BCUT2D eigenvalue weighted by Gasteiger charge is -2.05. The van der Waals surface area contributed by atoms with Crippen LogP contribution < -0.4 is 5.32 Å². The van der Waals surface area contributed by atoms with Gasteiger partial charge in [0.15, 0.2) is 5.76 Å². The monoisotopic (exact) mass is 217 g/mol. The predicted octanol–water partition coefficient (Wildman–Crippen LogP) is 2.73. The van der Waals surface area contributed by atoms with E-state index in [1.54, 1.807) is 6.26 Å². The SMILES string of the molecule is CCCc1nc(NC)cc(-c2ccco2)n1. The van der Waals surface area contributed by atoms with Crippen molar-refractivity contribution in [3.8, 4) is 11.5 Å². The van der Waals surface area contributed by atoms with Gasteiger partial charge in [0.05, 0.1) is 6.26 Å². The summed E-state index contributed by atoms with van der Waals surface area (Å²) >= 11 is 0. The molecule has 84 valence electrons. The Labute approximate surface area is 94.7 Å². The number of aryl methyl sites for hydroxylation is 1. The van der Waals surface area contributed by atoms with Crippen molar-refractivity contribution in [2.24, 2.45) is 0 Å². The van der Waals surface area contributed by atoms with Gasteiger partial charge >= 0.3 is 0 Å². The van der Waals surface area contributed by atoms with E-state index in [-0.39, 0.29) is 0 Å². The highest BCUT2D eigenvalue weighted by atomic mass is 16.3. The molecule has 0 aliphatic carbocycles. The van der Waals surface area contributed by atoms with Gasteiger partial charge in [-0.15, -0.1) is 0 Å². The molecule has 16 heavy (non-hydrogen) atoms. The van der Waals surface area contributed by atoms with E-state index in [1.807, 2.05) is 25.2 Å². The molecular formula is C12H15N3O. The van der Waals surface area contributed by atoms with E-state index >= 15 is 0 Å². The van der Waals surface area contributed by atoms with Gasteiger partial charge in [-0.3, -0.25) is 0 Å². The van der Waals surface area contributed by atoms with Gasteiger partial charge in [0, 0.05) is 19.5 Å². The molecule has 0 atom stereocenters. The van der Waals surface area contributed by atoms with E-state index in [1.165, 1.54) is 0 Å². The van der Waals surface area contributed by atoms with Gasteiger partial charge in [0.25, 0.3) is 0 Å². The fourth-order valence-corrected chi connectivity index (χ4v) is 1.51. The van der Waals surface area contributed by atoms with Crippen molar-refractivity contribution in [2.75, 3.05) is 12.4 Å². The van der Waals surface area contributed by atoms with Crippen molar-refractivity contribution >= 4 is 5.82 Å². The zero-order valence-corrected chi connectivity index (χ0v) is 9.53. The molecule has 2 heterocycles. The summed E-state index contributed by atoms with van der Waals surface area (Å²) in [4.78, 5) is 8.86. The first kappa shape index (κ1) is 10.7. The minimum absolute atomic E-state index is 0.774. The Morgan fingerprint density at radius 3 is 2.88 bits per heavy atom. The van der Waals surface area contributed by atoms with Crippen molar-refractivity contribution in [3.63, 3.8) is 0 Å². The van der Waals surface area contributed by atoms with Crippen molar-refractivity contribution in [3.05, 3.63) is 30.3 Å². The largest absolute Gasteiger partial charge is 0.463 e. The third-order valence-corrected chi connectivity index (χ3v) is 2.28. The molecule has 0 aliphatic heterocycles. The van der Waals surface area contributed by atoms with Crippen LogP contribution in [0.25, 0.3) is 11.5 Å². The first-order valence-electron chi connectivity index (χ1n) is 5.43. The molecule has 0 fully saturated rings. The Kier molecular flexibility index (Phi) is 3.19. The van der Waals surface area contributed by atoms with Gasteiger partial charge in [-0.05, 0) is 18.6 Å². The number of anilines is 1. The van der Waals surface area contributed by atoms with E-state index in [0.29, 0.717) is 0 Å². The first-order chi connectivity index (χ1) is 7.83. The van der Waals surface area contributed by atoms with E-state index in [0.717, 1.165) is 35.9 Å². The highest BCUT2D eigenvalue weighted by molar-refractivity contribution is 5.56. The van der Waals surface area contributed by atoms with Crippen molar-refractivity contribution in [1.29, 1.82) is 0 Å². The molecule has 0 bridgehead atoms. The molecule has 4 nitrogen and oxygen atoms in total. The number of nitrogens with zero attached hydrogens (tertiary/aromatic N) is 2. The third kappa shape index (κ3) is 2.21. The van der Waals surface area contributed by atoms with Crippen LogP contribution in [0.4, 0.5) is 5.82 Å². The summed E-state index contributed by atoms with van der Waals surface area (Å²) in [5.41, 5.74) is 0.827. The summed E-state index contributed by atoms with van der Waals surface area (Å²) in [6, 6.07) is 5.64. The summed E-state index contributed by atoms with van der Waals surface area (Å²) in [5.74, 6) is 2.45. The minimum atomic E-state index is 0.774. The van der Waals surface area contributed by atoms with Crippen molar-refractivity contribution < 1.29 is 4.42 Å². The molecule has 0 aromatic carbocycles. The van der Waals surface area contributed by atoms with Crippen LogP contribution in [0.2, 0.25) is 0 Å².